The maximum atomic E-state index is 13.2. The smallest absolute Gasteiger partial charge is 0.362 e. The summed E-state index contributed by atoms with van der Waals surface area (Å²) in [6, 6.07) is 25.2. The Bertz CT molecular complexity index is 1220. The lowest BCUT2D eigenvalue weighted by Crippen LogP contribution is -2.28. The Hall–Kier alpha value is -4.79. The van der Waals surface area contributed by atoms with E-state index in [1.165, 1.54) is 19.1 Å². The molecule has 0 bridgehead atoms. The summed E-state index contributed by atoms with van der Waals surface area (Å²) in [5, 5.41) is 18.6. The molecule has 0 saturated carbocycles. The van der Waals surface area contributed by atoms with Crippen molar-refractivity contribution in [2.24, 2.45) is 10.3 Å². The van der Waals surface area contributed by atoms with Crippen molar-refractivity contribution in [3.05, 3.63) is 102 Å². The summed E-state index contributed by atoms with van der Waals surface area (Å²) in [6.07, 6.45) is 0. The minimum Gasteiger partial charge on any atom is -0.461 e. The first kappa shape index (κ1) is 25.8. The van der Waals surface area contributed by atoms with E-state index in [1.807, 2.05) is 60.7 Å². The Kier molecular flexibility index (Phi) is 9.05. The molecule has 0 fully saturated rings. The van der Waals surface area contributed by atoms with Gasteiger partial charge in [-0.1, -0.05) is 65.8 Å². The number of nitrogens with one attached hydrogen (secondary N) is 2. The van der Waals surface area contributed by atoms with E-state index < -0.39 is 23.5 Å². The molecule has 0 aliphatic carbocycles. The minimum absolute atomic E-state index is 0.0268. The van der Waals surface area contributed by atoms with Crippen LogP contribution in [0.15, 0.2) is 95.2 Å². The highest BCUT2D eigenvalue weighted by Gasteiger charge is 2.23. The first-order chi connectivity index (χ1) is 17.4. The zero-order valence-corrected chi connectivity index (χ0v) is 19.8. The van der Waals surface area contributed by atoms with E-state index in [-0.39, 0.29) is 23.8 Å². The fourth-order valence-corrected chi connectivity index (χ4v) is 3.42. The average Bonchev–Trinajstić information content (AvgIpc) is 2.89. The van der Waals surface area contributed by atoms with E-state index >= 15 is 0 Å². The van der Waals surface area contributed by atoms with Crippen molar-refractivity contribution in [1.29, 1.82) is 0 Å². The largest absolute Gasteiger partial charge is 0.461 e. The Morgan fingerprint density at radius 3 is 1.94 bits per heavy atom. The summed E-state index contributed by atoms with van der Waals surface area (Å²) < 4.78 is 4.77. The molecule has 0 radical (unpaired) electrons. The van der Waals surface area contributed by atoms with E-state index in [2.05, 4.69) is 21.0 Å². The second-order valence-corrected chi connectivity index (χ2v) is 7.63. The number of benzene rings is 3. The van der Waals surface area contributed by atoms with Crippen LogP contribution < -0.4 is 10.7 Å². The molecule has 0 unspecified atom stereocenters. The van der Waals surface area contributed by atoms with E-state index in [1.54, 1.807) is 19.1 Å². The monoisotopic (exact) mass is 486 g/mol. The molecule has 0 aliphatic heterocycles. The topological polar surface area (TPSA) is 129 Å². The number of hydrogen-bond donors (Lipinski definition) is 3. The number of hydrazone groups is 1. The molecule has 3 N–H and O–H groups in total. The fraction of sp³-hybridized carbons (Fsp3) is 0.148. The van der Waals surface area contributed by atoms with Crippen LogP contribution in [0.4, 0.5) is 5.69 Å². The highest BCUT2D eigenvalue weighted by molar-refractivity contribution is 6.65. The molecule has 0 aromatic heterocycles. The number of amides is 2. The quantitative estimate of drug-likeness (QED) is 0.182. The number of rotatable bonds is 9. The minimum atomic E-state index is -0.861. The molecule has 0 saturated heterocycles. The number of oxime groups is 1. The standard InChI is InChI=1S/C27H26N4O5/c1-3-36-27(34)24(31-35)18(2)29-30-25(32)21-14-16-22(17-15-21)28-26(33)23(19-10-6-4-7-11-19)20-12-8-5-9-13-20/h4-17,23,35H,3H2,1-2H3,(H,28,33)(H,30,32)/b29-18+,31-24+. The molecular weight excluding hydrogens is 460 g/mol. The normalized spacial score (nSPS) is 11.6. The Morgan fingerprint density at radius 1 is 0.889 bits per heavy atom. The number of hydrogen-bond acceptors (Lipinski definition) is 7. The summed E-state index contributed by atoms with van der Waals surface area (Å²) in [7, 11) is 0. The van der Waals surface area contributed by atoms with Crippen LogP contribution in [0.5, 0.6) is 0 Å². The Morgan fingerprint density at radius 2 is 1.44 bits per heavy atom. The lowest BCUT2D eigenvalue weighted by molar-refractivity contribution is -0.135. The third-order valence-corrected chi connectivity index (χ3v) is 5.18. The highest BCUT2D eigenvalue weighted by atomic mass is 16.5. The maximum Gasteiger partial charge on any atom is 0.362 e. The third kappa shape index (κ3) is 6.63. The van der Waals surface area contributed by atoms with E-state index in [4.69, 9.17) is 9.94 Å². The molecule has 3 aromatic carbocycles. The van der Waals surface area contributed by atoms with Gasteiger partial charge in [0.2, 0.25) is 11.6 Å². The van der Waals surface area contributed by atoms with Gasteiger partial charge in [0.15, 0.2) is 0 Å². The SMILES string of the molecule is CCOC(=O)C(=N/O)/C(C)=N/NC(=O)c1ccc(NC(=O)C(c2ccccc2)c2ccccc2)cc1. The van der Waals surface area contributed by atoms with Gasteiger partial charge in [0, 0.05) is 11.3 Å². The second kappa shape index (κ2) is 12.6. The average molecular weight is 487 g/mol. The highest BCUT2D eigenvalue weighted by Crippen LogP contribution is 2.26. The number of carbonyl (C=O) groups is 3. The van der Waals surface area contributed by atoms with E-state index in [0.29, 0.717) is 5.69 Å². The van der Waals surface area contributed by atoms with Crippen molar-refractivity contribution in [3.63, 3.8) is 0 Å². The van der Waals surface area contributed by atoms with Crippen LogP contribution in [-0.2, 0) is 14.3 Å². The van der Waals surface area contributed by atoms with Crippen LogP contribution in [-0.4, -0.2) is 41.0 Å². The van der Waals surface area contributed by atoms with Crippen molar-refractivity contribution < 1.29 is 24.3 Å². The van der Waals surface area contributed by atoms with Gasteiger partial charge < -0.3 is 15.3 Å². The first-order valence-electron chi connectivity index (χ1n) is 11.2. The molecule has 3 rings (SSSR count). The number of anilines is 1. The molecule has 3 aromatic rings. The molecule has 0 spiro atoms. The zero-order chi connectivity index (χ0) is 25.9. The molecule has 9 heteroatoms. The van der Waals surface area contributed by atoms with Crippen LogP contribution in [0.25, 0.3) is 0 Å². The molecular formula is C27H26N4O5. The molecule has 0 atom stereocenters. The summed E-state index contributed by atoms with van der Waals surface area (Å²) in [5.74, 6) is -2.13. The molecule has 2 amide bonds. The van der Waals surface area contributed by atoms with Gasteiger partial charge in [-0.2, -0.15) is 5.10 Å². The van der Waals surface area contributed by atoms with Gasteiger partial charge in [-0.15, -0.1) is 0 Å². The third-order valence-electron chi connectivity index (χ3n) is 5.18. The summed E-state index contributed by atoms with van der Waals surface area (Å²) in [4.78, 5) is 37.4. The molecule has 0 aliphatic rings. The van der Waals surface area contributed by atoms with Crippen molar-refractivity contribution in [3.8, 4) is 0 Å². The van der Waals surface area contributed by atoms with Gasteiger partial charge in [-0.05, 0) is 49.2 Å². The molecule has 9 nitrogen and oxygen atoms in total. The summed E-state index contributed by atoms with van der Waals surface area (Å²) in [6.45, 7) is 3.09. The molecule has 36 heavy (non-hydrogen) atoms. The lowest BCUT2D eigenvalue weighted by atomic mass is 9.90. The van der Waals surface area contributed by atoms with E-state index in [0.717, 1.165) is 11.1 Å². The van der Waals surface area contributed by atoms with Crippen molar-refractivity contribution in [2.75, 3.05) is 11.9 Å². The van der Waals surface area contributed by atoms with Crippen molar-refractivity contribution in [1.82, 2.24) is 5.43 Å². The number of esters is 1. The van der Waals surface area contributed by atoms with Crippen molar-refractivity contribution in [2.45, 2.75) is 19.8 Å². The van der Waals surface area contributed by atoms with Crippen LogP contribution in [0, 0.1) is 0 Å². The van der Waals surface area contributed by atoms with Crippen LogP contribution >= 0.6 is 0 Å². The summed E-state index contributed by atoms with van der Waals surface area (Å²) in [5.41, 5.74) is 4.36. The predicted octanol–water partition coefficient (Wildman–Crippen LogP) is 3.96. The molecule has 184 valence electrons. The Labute approximate surface area is 208 Å². The van der Waals surface area contributed by atoms with Gasteiger partial charge >= 0.3 is 5.97 Å². The number of nitrogens with zero attached hydrogens (tertiary/aromatic N) is 2. The zero-order valence-electron chi connectivity index (χ0n) is 19.8. The van der Waals surface area contributed by atoms with Gasteiger partial charge in [0.05, 0.1) is 18.2 Å². The van der Waals surface area contributed by atoms with Crippen molar-refractivity contribution >= 4 is 34.9 Å². The fourth-order valence-electron chi connectivity index (χ4n) is 3.42. The predicted molar refractivity (Wildman–Crippen MR) is 136 cm³/mol. The van der Waals surface area contributed by atoms with Gasteiger partial charge in [-0.25, -0.2) is 10.2 Å². The Balaban J connectivity index is 1.70. The van der Waals surface area contributed by atoms with E-state index in [9.17, 15) is 14.4 Å². The van der Waals surface area contributed by atoms with Crippen LogP contribution in [0.2, 0.25) is 0 Å². The van der Waals surface area contributed by atoms with Gasteiger partial charge in [-0.3, -0.25) is 9.59 Å². The van der Waals surface area contributed by atoms with Crippen LogP contribution in [0.3, 0.4) is 0 Å². The number of ether oxygens (including phenoxy) is 1. The number of carbonyl (C=O) groups excluding carboxylic acids is 3. The summed E-state index contributed by atoms with van der Waals surface area (Å²) >= 11 is 0. The van der Waals surface area contributed by atoms with Gasteiger partial charge in [0.25, 0.3) is 5.91 Å². The second-order valence-electron chi connectivity index (χ2n) is 7.63. The van der Waals surface area contributed by atoms with Gasteiger partial charge in [0.1, 0.15) is 0 Å². The molecule has 0 heterocycles. The van der Waals surface area contributed by atoms with Crippen LogP contribution in [0.1, 0.15) is 41.3 Å². The maximum absolute atomic E-state index is 13.2. The lowest BCUT2D eigenvalue weighted by Gasteiger charge is -2.18. The first-order valence-corrected chi connectivity index (χ1v) is 11.2.